The number of thioether (sulfide) groups is 1. The average molecular weight is 298 g/mol. The molecule has 2 rings (SSSR count). The van der Waals surface area contributed by atoms with E-state index in [1.165, 1.54) is 6.33 Å². The minimum absolute atomic E-state index is 0.195. The maximum atomic E-state index is 11.7. The van der Waals surface area contributed by atoms with Crippen molar-refractivity contribution >= 4 is 17.7 Å². The summed E-state index contributed by atoms with van der Waals surface area (Å²) >= 11 is 1.64. The maximum Gasteiger partial charge on any atom is 0.324 e. The molecule has 1 aromatic rings. The summed E-state index contributed by atoms with van der Waals surface area (Å²) in [5.74, 6) is 0.364. The number of aliphatic carboxylic acids is 1. The molecule has 1 fully saturated rings. The van der Waals surface area contributed by atoms with Crippen LogP contribution in [0.15, 0.2) is 11.5 Å². The molecule has 0 amide bonds. The fourth-order valence-electron chi connectivity index (χ4n) is 3.08. The summed E-state index contributed by atoms with van der Waals surface area (Å²) in [5.41, 5.74) is -0.727. The number of aryl methyl sites for hydroxylation is 1. The molecule has 6 nitrogen and oxygen atoms in total. The van der Waals surface area contributed by atoms with E-state index in [-0.39, 0.29) is 5.92 Å². The Hall–Kier alpha value is -1.08. The van der Waals surface area contributed by atoms with E-state index in [0.717, 1.165) is 36.6 Å². The lowest BCUT2D eigenvalue weighted by atomic mass is 9.85. The normalized spacial score (nSPS) is 26.0. The summed E-state index contributed by atoms with van der Waals surface area (Å²) in [6.45, 7) is 2.66. The highest BCUT2D eigenvalue weighted by Crippen LogP contribution is 2.39. The Bertz CT molecular complexity index is 465. The van der Waals surface area contributed by atoms with Crippen LogP contribution in [0, 0.1) is 5.92 Å². The first-order valence-corrected chi connectivity index (χ1v) is 8.04. The van der Waals surface area contributed by atoms with E-state index in [0.29, 0.717) is 6.54 Å². The smallest absolute Gasteiger partial charge is 0.324 e. The van der Waals surface area contributed by atoms with Crippen molar-refractivity contribution in [3.63, 3.8) is 0 Å². The molecule has 0 spiro atoms. The van der Waals surface area contributed by atoms with Gasteiger partial charge in [-0.3, -0.25) is 4.79 Å². The van der Waals surface area contributed by atoms with Crippen molar-refractivity contribution in [3.8, 4) is 0 Å². The lowest BCUT2D eigenvalue weighted by Crippen LogP contribution is -2.54. The maximum absolute atomic E-state index is 11.7. The summed E-state index contributed by atoms with van der Waals surface area (Å²) < 4.78 is 1.74. The van der Waals surface area contributed by atoms with Crippen LogP contribution >= 0.6 is 11.8 Å². The Labute approximate surface area is 123 Å². The third-order valence-electron chi connectivity index (χ3n) is 4.06. The molecule has 0 bridgehead atoms. The molecule has 1 aromatic heterocycles. The highest BCUT2D eigenvalue weighted by Gasteiger charge is 2.48. The zero-order valence-corrected chi connectivity index (χ0v) is 12.8. The molecule has 0 saturated heterocycles. The van der Waals surface area contributed by atoms with Crippen molar-refractivity contribution < 1.29 is 9.90 Å². The number of rotatable bonds is 7. The number of carboxylic acids is 1. The third-order valence-corrected chi connectivity index (χ3v) is 5.13. The molecule has 20 heavy (non-hydrogen) atoms. The Balaban J connectivity index is 1.94. The van der Waals surface area contributed by atoms with Gasteiger partial charge < -0.3 is 10.4 Å². The predicted molar refractivity (Wildman–Crippen MR) is 77.7 cm³/mol. The number of nitrogens with zero attached hydrogens (tertiary/aromatic N) is 3. The van der Waals surface area contributed by atoms with Crippen LogP contribution in [0.3, 0.4) is 0 Å². The molecule has 1 heterocycles. The van der Waals surface area contributed by atoms with E-state index in [2.05, 4.69) is 15.4 Å². The average Bonchev–Trinajstić information content (AvgIpc) is 2.99. The van der Waals surface area contributed by atoms with E-state index < -0.39 is 11.5 Å². The first-order chi connectivity index (χ1) is 9.60. The zero-order valence-electron chi connectivity index (χ0n) is 12.0. The summed E-state index contributed by atoms with van der Waals surface area (Å²) in [5, 5.41) is 17.7. The fraction of sp³-hybridized carbons (Fsp3) is 0.769. The molecule has 1 aliphatic carbocycles. The number of hydrogen-bond donors (Lipinski definition) is 2. The summed E-state index contributed by atoms with van der Waals surface area (Å²) in [7, 11) is 1.87. The molecule has 0 aromatic carbocycles. The van der Waals surface area contributed by atoms with Crippen molar-refractivity contribution in [2.45, 2.75) is 43.3 Å². The topological polar surface area (TPSA) is 80.0 Å². The second-order valence-electron chi connectivity index (χ2n) is 5.20. The van der Waals surface area contributed by atoms with E-state index >= 15 is 0 Å². The van der Waals surface area contributed by atoms with Gasteiger partial charge in [0.2, 0.25) is 0 Å². The van der Waals surface area contributed by atoms with Gasteiger partial charge in [-0.2, -0.15) is 5.10 Å². The Morgan fingerprint density at radius 1 is 1.70 bits per heavy atom. The number of hydrogen-bond acceptors (Lipinski definition) is 5. The van der Waals surface area contributed by atoms with Gasteiger partial charge in [0.1, 0.15) is 11.9 Å². The lowest BCUT2D eigenvalue weighted by molar-refractivity contribution is -0.146. The van der Waals surface area contributed by atoms with Crippen molar-refractivity contribution in [1.82, 2.24) is 20.1 Å². The van der Waals surface area contributed by atoms with Gasteiger partial charge in [0.05, 0.1) is 0 Å². The quantitative estimate of drug-likeness (QED) is 0.743. The molecule has 0 radical (unpaired) electrons. The molecule has 0 aliphatic heterocycles. The van der Waals surface area contributed by atoms with Crippen molar-refractivity contribution in [1.29, 1.82) is 0 Å². The number of carbonyl (C=O) groups is 1. The van der Waals surface area contributed by atoms with Crippen molar-refractivity contribution in [2.24, 2.45) is 13.0 Å². The Morgan fingerprint density at radius 2 is 2.50 bits per heavy atom. The van der Waals surface area contributed by atoms with Crippen LogP contribution in [0.25, 0.3) is 0 Å². The van der Waals surface area contributed by atoms with Gasteiger partial charge in [0.25, 0.3) is 0 Å². The van der Waals surface area contributed by atoms with Gasteiger partial charge in [-0.05, 0) is 31.7 Å². The number of likely N-dealkylation sites (N-methyl/N-ethyl adjacent to an activating group) is 1. The number of carboxylic acid groups (broad SMARTS) is 1. The van der Waals surface area contributed by atoms with Gasteiger partial charge in [-0.1, -0.05) is 25.1 Å². The molecular formula is C13H22N4O2S. The minimum Gasteiger partial charge on any atom is -0.480 e. The van der Waals surface area contributed by atoms with Gasteiger partial charge in [-0.15, -0.1) is 0 Å². The van der Waals surface area contributed by atoms with Crippen LogP contribution in [0.5, 0.6) is 0 Å². The van der Waals surface area contributed by atoms with Gasteiger partial charge in [-0.25, -0.2) is 9.67 Å². The summed E-state index contributed by atoms with van der Waals surface area (Å²) in [6.07, 6.45) is 5.13. The van der Waals surface area contributed by atoms with E-state index in [1.54, 1.807) is 16.4 Å². The van der Waals surface area contributed by atoms with Crippen molar-refractivity contribution in [3.05, 3.63) is 6.33 Å². The monoisotopic (exact) mass is 298 g/mol. The molecule has 112 valence electrons. The predicted octanol–water partition coefficient (Wildman–Crippen LogP) is 1.53. The van der Waals surface area contributed by atoms with Crippen LogP contribution in [-0.4, -0.2) is 43.7 Å². The third kappa shape index (κ3) is 2.98. The van der Waals surface area contributed by atoms with Gasteiger partial charge in [0.15, 0.2) is 5.16 Å². The molecule has 2 unspecified atom stereocenters. The standard InChI is InChI=1S/C13H22N4O2S/c1-3-15-13(11(18)19)7-4-5-10(13)6-8-20-12-14-9-16-17(12)2/h9-10,15H,3-8H2,1-2H3,(H,18,19). The second-order valence-corrected chi connectivity index (χ2v) is 6.26. The highest BCUT2D eigenvalue weighted by molar-refractivity contribution is 7.99. The van der Waals surface area contributed by atoms with E-state index in [1.807, 2.05) is 14.0 Å². The summed E-state index contributed by atoms with van der Waals surface area (Å²) in [4.78, 5) is 15.8. The highest BCUT2D eigenvalue weighted by atomic mass is 32.2. The summed E-state index contributed by atoms with van der Waals surface area (Å²) in [6, 6.07) is 0. The molecule has 2 N–H and O–H groups in total. The van der Waals surface area contributed by atoms with Crippen LogP contribution in [0.4, 0.5) is 0 Å². The largest absolute Gasteiger partial charge is 0.480 e. The Kier molecular flexibility index (Phi) is 5.04. The molecule has 7 heteroatoms. The van der Waals surface area contributed by atoms with Gasteiger partial charge >= 0.3 is 5.97 Å². The lowest BCUT2D eigenvalue weighted by Gasteiger charge is -2.32. The van der Waals surface area contributed by atoms with E-state index in [4.69, 9.17) is 0 Å². The molecule has 1 aliphatic rings. The zero-order chi connectivity index (χ0) is 14.6. The first kappa shape index (κ1) is 15.3. The van der Waals surface area contributed by atoms with Crippen molar-refractivity contribution in [2.75, 3.05) is 12.3 Å². The Morgan fingerprint density at radius 3 is 3.10 bits per heavy atom. The van der Waals surface area contributed by atoms with E-state index in [9.17, 15) is 9.90 Å². The second kappa shape index (κ2) is 6.58. The molecule has 2 atom stereocenters. The molecular weight excluding hydrogens is 276 g/mol. The number of aromatic nitrogens is 3. The van der Waals surface area contributed by atoms with Crippen LogP contribution in [0.1, 0.15) is 32.6 Å². The molecule has 1 saturated carbocycles. The fourth-order valence-corrected chi connectivity index (χ4v) is 4.02. The van der Waals surface area contributed by atoms with Gasteiger partial charge in [0, 0.05) is 12.8 Å². The minimum atomic E-state index is -0.727. The first-order valence-electron chi connectivity index (χ1n) is 7.05. The SMILES string of the molecule is CCNC1(C(=O)O)CCCC1CCSc1ncnn1C. The van der Waals surface area contributed by atoms with Crippen LogP contribution in [-0.2, 0) is 11.8 Å². The van der Waals surface area contributed by atoms with Crippen LogP contribution < -0.4 is 5.32 Å². The van der Waals surface area contributed by atoms with Crippen LogP contribution in [0.2, 0.25) is 0 Å². The number of nitrogens with one attached hydrogen (secondary N) is 1.